The van der Waals surface area contributed by atoms with Crippen molar-refractivity contribution >= 4 is 11.5 Å². The number of ether oxygens (including phenoxy) is 1. The zero-order valence-corrected chi connectivity index (χ0v) is 12.7. The lowest BCUT2D eigenvalue weighted by atomic mass is 9.95. The summed E-state index contributed by atoms with van der Waals surface area (Å²) in [6, 6.07) is 13.0. The fraction of sp³-hybridized carbons (Fsp3) is 0.278. The predicted molar refractivity (Wildman–Crippen MR) is 86.0 cm³/mol. The molecule has 2 aromatic rings. The van der Waals surface area contributed by atoms with Gasteiger partial charge in [-0.05, 0) is 30.0 Å². The molecule has 0 radical (unpaired) electrons. The Kier molecular flexibility index (Phi) is 4.63. The first-order chi connectivity index (χ1) is 10.1. The van der Waals surface area contributed by atoms with Crippen LogP contribution >= 0.6 is 0 Å². The number of benzene rings is 2. The molecule has 0 saturated heterocycles. The molecule has 1 unspecified atom stereocenters. The van der Waals surface area contributed by atoms with Gasteiger partial charge in [0.15, 0.2) is 5.78 Å². The van der Waals surface area contributed by atoms with Gasteiger partial charge in [-0.3, -0.25) is 4.79 Å². The average Bonchev–Trinajstić information content (AvgIpc) is 2.53. The second-order valence-corrected chi connectivity index (χ2v) is 5.18. The van der Waals surface area contributed by atoms with Gasteiger partial charge in [-0.15, -0.1) is 0 Å². The van der Waals surface area contributed by atoms with Crippen molar-refractivity contribution < 1.29 is 9.53 Å². The number of hydrogen-bond donors (Lipinski definition) is 1. The van der Waals surface area contributed by atoms with E-state index in [1.165, 1.54) is 12.7 Å². The Labute approximate surface area is 125 Å². The largest absolute Gasteiger partial charge is 0.496 e. The first-order valence-corrected chi connectivity index (χ1v) is 7.15. The Morgan fingerprint density at radius 1 is 1.19 bits per heavy atom. The highest BCUT2D eigenvalue weighted by Gasteiger charge is 2.17. The maximum Gasteiger partial charge on any atom is 0.198 e. The van der Waals surface area contributed by atoms with Gasteiger partial charge < -0.3 is 10.5 Å². The van der Waals surface area contributed by atoms with Crippen molar-refractivity contribution in [3.8, 4) is 5.75 Å². The molecule has 2 N–H and O–H groups in total. The normalized spacial score (nSPS) is 12.0. The zero-order chi connectivity index (χ0) is 15.4. The molecule has 2 aromatic carbocycles. The topological polar surface area (TPSA) is 52.3 Å². The van der Waals surface area contributed by atoms with Gasteiger partial charge in [-0.2, -0.15) is 0 Å². The molecule has 0 bridgehead atoms. The Morgan fingerprint density at radius 3 is 2.43 bits per heavy atom. The molecular weight excluding hydrogens is 262 g/mol. The molecule has 21 heavy (non-hydrogen) atoms. The zero-order valence-electron chi connectivity index (χ0n) is 12.7. The van der Waals surface area contributed by atoms with Gasteiger partial charge >= 0.3 is 0 Å². The average molecular weight is 283 g/mol. The van der Waals surface area contributed by atoms with E-state index in [2.05, 4.69) is 13.8 Å². The number of rotatable bonds is 5. The van der Waals surface area contributed by atoms with Crippen LogP contribution in [0.25, 0.3) is 0 Å². The van der Waals surface area contributed by atoms with Crippen molar-refractivity contribution in [3.05, 3.63) is 59.2 Å². The van der Waals surface area contributed by atoms with Crippen LogP contribution in [0, 0.1) is 0 Å². The number of nitrogen functional groups attached to an aromatic ring is 1. The first kappa shape index (κ1) is 15.1. The van der Waals surface area contributed by atoms with E-state index in [9.17, 15) is 4.79 Å². The molecule has 2 rings (SSSR count). The van der Waals surface area contributed by atoms with E-state index in [0.717, 1.165) is 6.42 Å². The van der Waals surface area contributed by atoms with E-state index in [1.807, 2.05) is 24.3 Å². The van der Waals surface area contributed by atoms with Crippen molar-refractivity contribution in [1.82, 2.24) is 0 Å². The van der Waals surface area contributed by atoms with Gasteiger partial charge in [0.05, 0.1) is 12.7 Å². The summed E-state index contributed by atoms with van der Waals surface area (Å²) in [4.78, 5) is 12.6. The quantitative estimate of drug-likeness (QED) is 0.666. The molecule has 3 heteroatoms. The molecule has 0 fully saturated rings. The van der Waals surface area contributed by atoms with Gasteiger partial charge in [0.1, 0.15) is 5.75 Å². The summed E-state index contributed by atoms with van der Waals surface area (Å²) in [6.07, 6.45) is 1.08. The highest BCUT2D eigenvalue weighted by molar-refractivity contribution is 6.13. The Morgan fingerprint density at radius 2 is 1.86 bits per heavy atom. The number of hydrogen-bond acceptors (Lipinski definition) is 3. The Bertz CT molecular complexity index is 632. The van der Waals surface area contributed by atoms with Crippen LogP contribution in [0.3, 0.4) is 0 Å². The number of methoxy groups -OCH3 is 1. The number of carbonyl (C=O) groups is 1. The third-order valence-corrected chi connectivity index (χ3v) is 3.86. The van der Waals surface area contributed by atoms with Crippen molar-refractivity contribution in [2.24, 2.45) is 0 Å². The number of carbonyl (C=O) groups excluding carboxylic acids is 1. The van der Waals surface area contributed by atoms with Crippen LogP contribution in [0.1, 0.15) is 47.7 Å². The molecule has 0 aliphatic rings. The minimum absolute atomic E-state index is 0.111. The molecule has 0 aliphatic carbocycles. The molecule has 1 atom stereocenters. The molecule has 0 aliphatic heterocycles. The third-order valence-electron chi connectivity index (χ3n) is 3.86. The smallest absolute Gasteiger partial charge is 0.198 e. The van der Waals surface area contributed by atoms with Crippen LogP contribution in [0.2, 0.25) is 0 Å². The van der Waals surface area contributed by atoms with Gasteiger partial charge in [0, 0.05) is 11.3 Å². The van der Waals surface area contributed by atoms with Crippen LogP contribution in [-0.4, -0.2) is 12.9 Å². The molecule has 110 valence electrons. The molecule has 0 heterocycles. The number of ketones is 1. The maximum atomic E-state index is 12.6. The second kappa shape index (κ2) is 6.44. The van der Waals surface area contributed by atoms with Crippen molar-refractivity contribution in [1.29, 1.82) is 0 Å². The molecule has 0 aromatic heterocycles. The first-order valence-electron chi connectivity index (χ1n) is 7.15. The summed E-state index contributed by atoms with van der Waals surface area (Å²) in [5.41, 5.74) is 8.66. The van der Waals surface area contributed by atoms with Crippen molar-refractivity contribution in [2.75, 3.05) is 12.8 Å². The van der Waals surface area contributed by atoms with E-state index < -0.39 is 0 Å². The van der Waals surface area contributed by atoms with Gasteiger partial charge in [0.2, 0.25) is 0 Å². The Hall–Kier alpha value is -2.29. The molecule has 0 saturated carbocycles. The van der Waals surface area contributed by atoms with E-state index in [-0.39, 0.29) is 5.78 Å². The summed E-state index contributed by atoms with van der Waals surface area (Å²) in [5, 5.41) is 0. The maximum absolute atomic E-state index is 12.6. The highest BCUT2D eigenvalue weighted by atomic mass is 16.5. The van der Waals surface area contributed by atoms with Crippen LogP contribution in [0.15, 0.2) is 42.5 Å². The summed E-state index contributed by atoms with van der Waals surface area (Å²) in [7, 11) is 1.54. The molecule has 3 nitrogen and oxygen atoms in total. The minimum Gasteiger partial charge on any atom is -0.496 e. The lowest BCUT2D eigenvalue weighted by Gasteiger charge is -2.12. The van der Waals surface area contributed by atoms with Crippen LogP contribution < -0.4 is 10.5 Å². The molecular formula is C18H21NO2. The predicted octanol–water partition coefficient (Wildman–Crippen LogP) is 4.02. The molecule has 0 amide bonds. The monoisotopic (exact) mass is 283 g/mol. The second-order valence-electron chi connectivity index (χ2n) is 5.18. The van der Waals surface area contributed by atoms with Crippen LogP contribution in [-0.2, 0) is 0 Å². The standard InChI is InChI=1S/C18H21NO2/c1-4-12(2)13-8-10-14(11-9-13)18(20)17-15(19)6-5-7-16(17)21-3/h5-12H,4,19H2,1-3H3. The van der Waals surface area contributed by atoms with Crippen LogP contribution in [0.5, 0.6) is 5.75 Å². The number of anilines is 1. The van der Waals surface area contributed by atoms with E-state index in [0.29, 0.717) is 28.5 Å². The van der Waals surface area contributed by atoms with Crippen LogP contribution in [0.4, 0.5) is 5.69 Å². The summed E-state index contributed by atoms with van der Waals surface area (Å²) in [6.45, 7) is 4.33. The van der Waals surface area contributed by atoms with Crippen molar-refractivity contribution in [2.45, 2.75) is 26.2 Å². The summed E-state index contributed by atoms with van der Waals surface area (Å²) >= 11 is 0. The summed E-state index contributed by atoms with van der Waals surface area (Å²) in [5.74, 6) is 0.886. The van der Waals surface area contributed by atoms with Crippen molar-refractivity contribution in [3.63, 3.8) is 0 Å². The van der Waals surface area contributed by atoms with Gasteiger partial charge in [0.25, 0.3) is 0 Å². The van der Waals surface area contributed by atoms with Gasteiger partial charge in [-0.1, -0.05) is 44.2 Å². The number of nitrogens with two attached hydrogens (primary N) is 1. The Balaban J connectivity index is 2.37. The van der Waals surface area contributed by atoms with E-state index in [4.69, 9.17) is 10.5 Å². The SMILES string of the molecule is CCC(C)c1ccc(C(=O)c2c(N)cccc2OC)cc1. The lowest BCUT2D eigenvalue weighted by molar-refractivity contribution is 0.103. The van der Waals surface area contributed by atoms with Gasteiger partial charge in [-0.25, -0.2) is 0 Å². The van der Waals surface area contributed by atoms with E-state index in [1.54, 1.807) is 18.2 Å². The fourth-order valence-corrected chi connectivity index (χ4v) is 2.30. The highest BCUT2D eigenvalue weighted by Crippen LogP contribution is 2.27. The minimum atomic E-state index is -0.111. The lowest BCUT2D eigenvalue weighted by Crippen LogP contribution is -2.08. The third kappa shape index (κ3) is 3.07. The summed E-state index contributed by atoms with van der Waals surface area (Å²) < 4.78 is 5.25. The molecule has 0 spiro atoms. The fourth-order valence-electron chi connectivity index (χ4n) is 2.30. The van der Waals surface area contributed by atoms with E-state index >= 15 is 0 Å².